The summed E-state index contributed by atoms with van der Waals surface area (Å²) in [5.74, 6) is 0.652. The molecule has 27 heavy (non-hydrogen) atoms. The van der Waals surface area contributed by atoms with Crippen LogP contribution in [0.4, 0.5) is 0 Å². The lowest BCUT2D eigenvalue weighted by molar-refractivity contribution is 0.649. The van der Waals surface area contributed by atoms with Crippen LogP contribution >= 0.6 is 11.3 Å². The third-order valence-corrected chi connectivity index (χ3v) is 8.32. The van der Waals surface area contributed by atoms with Crippen molar-refractivity contribution in [2.24, 2.45) is 5.92 Å². The van der Waals surface area contributed by atoms with E-state index < -0.39 is 8.07 Å². The zero-order valence-corrected chi connectivity index (χ0v) is 18.7. The lowest BCUT2D eigenvalue weighted by Crippen LogP contribution is -2.40. The van der Waals surface area contributed by atoms with Gasteiger partial charge in [0.25, 0.3) is 0 Å². The van der Waals surface area contributed by atoms with Crippen LogP contribution in [0.25, 0.3) is 31.4 Å². The lowest BCUT2D eigenvalue weighted by atomic mass is 10.0. The van der Waals surface area contributed by atoms with Crippen LogP contribution in [0, 0.1) is 5.92 Å². The van der Waals surface area contributed by atoms with Crippen LogP contribution in [0.2, 0.25) is 19.6 Å². The van der Waals surface area contributed by atoms with E-state index in [1.54, 1.807) is 0 Å². The molecule has 4 aromatic rings. The fraction of sp³-hybridized carbons (Fsp3) is 0.292. The second kappa shape index (κ2) is 6.88. The molecule has 0 aliphatic carbocycles. The molecule has 138 valence electrons. The van der Waals surface area contributed by atoms with Crippen LogP contribution < -0.4 is 5.19 Å². The smallest absolute Gasteiger partial charge is 0.0799 e. The molecule has 1 nitrogen and oxygen atoms in total. The summed E-state index contributed by atoms with van der Waals surface area (Å²) in [6, 6.07) is 17.8. The first-order valence-electron chi connectivity index (χ1n) is 9.74. The first-order valence-corrected chi connectivity index (χ1v) is 14.1. The summed E-state index contributed by atoms with van der Waals surface area (Å²) in [4.78, 5) is 4.89. The minimum atomic E-state index is -1.40. The van der Waals surface area contributed by atoms with Crippen LogP contribution in [0.5, 0.6) is 0 Å². The van der Waals surface area contributed by atoms with E-state index in [1.165, 1.54) is 36.5 Å². The molecular weight excluding hydrogens is 362 g/mol. The van der Waals surface area contributed by atoms with Crippen molar-refractivity contribution in [3.8, 4) is 11.3 Å². The number of aromatic nitrogens is 1. The summed E-state index contributed by atoms with van der Waals surface area (Å²) in [6.07, 6.45) is 3.29. The molecule has 0 aliphatic rings. The number of thiophene rings is 1. The summed E-state index contributed by atoms with van der Waals surface area (Å²) >= 11 is 1.87. The van der Waals surface area contributed by atoms with Gasteiger partial charge in [0, 0.05) is 31.9 Å². The van der Waals surface area contributed by atoms with Gasteiger partial charge < -0.3 is 0 Å². The molecule has 0 radical (unpaired) electrons. The Morgan fingerprint density at radius 3 is 2.41 bits per heavy atom. The Morgan fingerprint density at radius 2 is 1.67 bits per heavy atom. The van der Waals surface area contributed by atoms with Crippen molar-refractivity contribution < 1.29 is 0 Å². The second-order valence-corrected chi connectivity index (χ2v) is 15.0. The maximum absolute atomic E-state index is 4.89. The molecule has 2 aromatic carbocycles. The van der Waals surface area contributed by atoms with Gasteiger partial charge in [-0.15, -0.1) is 11.3 Å². The zero-order chi connectivity index (χ0) is 19.2. The summed E-state index contributed by atoms with van der Waals surface area (Å²) in [6.45, 7) is 11.8. The number of fused-ring (bicyclic) bond motifs is 3. The van der Waals surface area contributed by atoms with Crippen molar-refractivity contribution in [1.82, 2.24) is 4.98 Å². The molecule has 0 aliphatic heterocycles. The predicted octanol–water partition coefficient (Wildman–Crippen LogP) is 6.86. The van der Waals surface area contributed by atoms with E-state index in [-0.39, 0.29) is 0 Å². The van der Waals surface area contributed by atoms with E-state index in [9.17, 15) is 0 Å². The molecule has 0 fully saturated rings. The minimum absolute atomic E-state index is 0.652. The van der Waals surface area contributed by atoms with E-state index in [0.717, 1.165) is 12.1 Å². The van der Waals surface area contributed by atoms with Gasteiger partial charge in [-0.1, -0.05) is 57.8 Å². The van der Waals surface area contributed by atoms with E-state index in [2.05, 4.69) is 88.2 Å². The Kier molecular flexibility index (Phi) is 4.69. The van der Waals surface area contributed by atoms with Gasteiger partial charge in [0.15, 0.2) is 0 Å². The van der Waals surface area contributed by atoms with Crippen LogP contribution in [0.3, 0.4) is 0 Å². The van der Waals surface area contributed by atoms with Crippen molar-refractivity contribution in [3.05, 3.63) is 60.3 Å². The fourth-order valence-electron chi connectivity index (χ4n) is 3.82. The van der Waals surface area contributed by atoms with Crippen molar-refractivity contribution in [2.75, 3.05) is 0 Å². The molecule has 0 saturated carbocycles. The maximum Gasteiger partial charge on any atom is 0.0799 e. The number of rotatable bonds is 4. The number of nitrogens with zero attached hydrogens (tertiary/aromatic N) is 1. The van der Waals surface area contributed by atoms with Gasteiger partial charge in [-0.3, -0.25) is 4.98 Å². The van der Waals surface area contributed by atoms with Gasteiger partial charge in [-0.05, 0) is 47.4 Å². The molecule has 0 amide bonds. The van der Waals surface area contributed by atoms with Crippen LogP contribution in [-0.4, -0.2) is 13.1 Å². The normalized spacial score (nSPS) is 12.4. The third-order valence-electron chi connectivity index (χ3n) is 5.10. The highest BCUT2D eigenvalue weighted by Gasteiger charge is 2.22. The fourth-order valence-corrected chi connectivity index (χ4v) is 6.50. The molecule has 0 N–H and O–H groups in total. The van der Waals surface area contributed by atoms with Crippen molar-refractivity contribution in [3.63, 3.8) is 0 Å². The molecule has 2 heterocycles. The Hall–Kier alpha value is -1.97. The molecule has 0 unspecified atom stereocenters. The van der Waals surface area contributed by atoms with Gasteiger partial charge in [-0.25, -0.2) is 0 Å². The second-order valence-electron chi connectivity index (χ2n) is 8.88. The molecule has 2 aromatic heterocycles. The summed E-state index contributed by atoms with van der Waals surface area (Å²) in [5.41, 5.74) is 3.81. The molecule has 0 atom stereocenters. The number of pyridine rings is 1. The average Bonchev–Trinajstić information content (AvgIpc) is 2.98. The average molecular weight is 390 g/mol. The van der Waals surface area contributed by atoms with Crippen LogP contribution in [-0.2, 0) is 6.42 Å². The number of hydrogen-bond acceptors (Lipinski definition) is 2. The summed E-state index contributed by atoms with van der Waals surface area (Å²) in [5, 5.41) is 4.19. The molecule has 4 rings (SSSR count). The van der Waals surface area contributed by atoms with Gasteiger partial charge in [0.05, 0.1) is 13.8 Å². The number of hydrogen-bond donors (Lipinski definition) is 0. The standard InChI is InChI=1S/C24H27NSSi/c1-16(2)12-18-14-21(25-15-24(18)27(3,4)5)17-10-11-23-20(13-17)19-8-6-7-9-22(19)26-23/h6-11,13-16H,12H2,1-5H3. The maximum atomic E-state index is 4.89. The van der Waals surface area contributed by atoms with E-state index in [0.29, 0.717) is 5.92 Å². The Morgan fingerprint density at radius 1 is 0.926 bits per heavy atom. The molecule has 0 bridgehead atoms. The number of benzene rings is 2. The van der Waals surface area contributed by atoms with Gasteiger partial charge in [-0.2, -0.15) is 0 Å². The van der Waals surface area contributed by atoms with E-state index in [1.807, 2.05) is 11.3 Å². The highest BCUT2D eigenvalue weighted by molar-refractivity contribution is 7.25. The molecule has 3 heteroatoms. The first kappa shape index (κ1) is 18.4. The van der Waals surface area contributed by atoms with Gasteiger partial charge in [0.1, 0.15) is 0 Å². The first-order chi connectivity index (χ1) is 12.8. The lowest BCUT2D eigenvalue weighted by Gasteiger charge is -2.22. The van der Waals surface area contributed by atoms with E-state index in [4.69, 9.17) is 4.98 Å². The van der Waals surface area contributed by atoms with Gasteiger partial charge in [0.2, 0.25) is 0 Å². The zero-order valence-electron chi connectivity index (χ0n) is 16.8. The Balaban J connectivity index is 1.86. The SMILES string of the molecule is CC(C)Cc1cc(-c2ccc3sc4ccccc4c3c2)ncc1[Si](C)(C)C. The quantitative estimate of drug-likeness (QED) is 0.347. The predicted molar refractivity (Wildman–Crippen MR) is 124 cm³/mol. The monoisotopic (exact) mass is 389 g/mol. The molecule has 0 spiro atoms. The van der Waals surface area contributed by atoms with Crippen molar-refractivity contribution in [2.45, 2.75) is 39.9 Å². The highest BCUT2D eigenvalue weighted by atomic mass is 32.1. The van der Waals surface area contributed by atoms with E-state index >= 15 is 0 Å². The van der Waals surface area contributed by atoms with Gasteiger partial charge >= 0.3 is 0 Å². The van der Waals surface area contributed by atoms with Crippen LogP contribution in [0.1, 0.15) is 19.4 Å². The van der Waals surface area contributed by atoms with Crippen molar-refractivity contribution in [1.29, 1.82) is 0 Å². The highest BCUT2D eigenvalue weighted by Crippen LogP contribution is 2.36. The third kappa shape index (κ3) is 3.58. The largest absolute Gasteiger partial charge is 0.256 e. The molecular formula is C24H27NSSi. The van der Waals surface area contributed by atoms with Crippen molar-refractivity contribution >= 4 is 44.8 Å². The minimum Gasteiger partial charge on any atom is -0.256 e. The Bertz CT molecular complexity index is 1120. The molecule has 0 saturated heterocycles. The van der Waals surface area contributed by atoms with Crippen LogP contribution in [0.15, 0.2) is 54.7 Å². The summed E-state index contributed by atoms with van der Waals surface area (Å²) < 4.78 is 2.70. The topological polar surface area (TPSA) is 12.9 Å². The summed E-state index contributed by atoms with van der Waals surface area (Å²) in [7, 11) is -1.40. The Labute approximate surface area is 167 Å².